The third-order valence-corrected chi connectivity index (χ3v) is 3.79. The van der Waals surface area contributed by atoms with Gasteiger partial charge >= 0.3 is 0 Å². The average molecular weight is 355 g/mol. The summed E-state index contributed by atoms with van der Waals surface area (Å²) in [6, 6.07) is 13.8. The van der Waals surface area contributed by atoms with Crippen molar-refractivity contribution >= 4 is 27.5 Å². The number of ether oxygens (including phenoxy) is 1. The van der Waals surface area contributed by atoms with Crippen LogP contribution in [0.2, 0.25) is 5.02 Å². The zero-order valence-electron chi connectivity index (χ0n) is 11.3. The molecule has 0 aromatic heterocycles. The third kappa shape index (κ3) is 4.23. The van der Waals surface area contributed by atoms with E-state index in [1.165, 1.54) is 0 Å². The minimum Gasteiger partial charge on any atom is -0.489 e. The summed E-state index contributed by atoms with van der Waals surface area (Å²) in [5.74, 6) is 0.883. The Morgan fingerprint density at radius 3 is 2.70 bits per heavy atom. The number of benzene rings is 2. The first kappa shape index (κ1) is 15.4. The summed E-state index contributed by atoms with van der Waals surface area (Å²) in [6.07, 6.45) is 0. The van der Waals surface area contributed by atoms with Crippen LogP contribution in [0.3, 0.4) is 0 Å². The molecule has 0 atom stereocenters. The molecule has 0 aliphatic carbocycles. The predicted molar refractivity (Wildman–Crippen MR) is 87.3 cm³/mol. The van der Waals surface area contributed by atoms with Gasteiger partial charge in [0.05, 0.1) is 0 Å². The molecule has 2 aromatic carbocycles. The van der Waals surface area contributed by atoms with Crippen molar-refractivity contribution in [3.05, 3.63) is 63.1 Å². The van der Waals surface area contributed by atoms with E-state index in [0.29, 0.717) is 6.61 Å². The van der Waals surface area contributed by atoms with Crippen LogP contribution in [0.5, 0.6) is 5.75 Å². The monoisotopic (exact) mass is 353 g/mol. The van der Waals surface area contributed by atoms with Crippen molar-refractivity contribution < 1.29 is 4.74 Å². The maximum absolute atomic E-state index is 6.14. The van der Waals surface area contributed by atoms with Crippen molar-refractivity contribution in [2.24, 2.45) is 0 Å². The number of hydrogen-bond donors (Lipinski definition) is 1. The summed E-state index contributed by atoms with van der Waals surface area (Å²) in [6.45, 7) is 4.27. The maximum Gasteiger partial charge on any atom is 0.124 e. The number of halogens is 2. The normalized spacial score (nSPS) is 10.6. The van der Waals surface area contributed by atoms with Gasteiger partial charge in [-0.05, 0) is 30.8 Å². The number of nitrogens with one attached hydrogen (secondary N) is 1. The fourth-order valence-electron chi connectivity index (χ4n) is 1.86. The van der Waals surface area contributed by atoms with Crippen LogP contribution in [0.25, 0.3) is 0 Å². The SMILES string of the molecule is CCNCc1cc(Br)ccc1OCc1ccccc1Cl. The van der Waals surface area contributed by atoms with E-state index in [-0.39, 0.29) is 0 Å². The molecule has 2 nitrogen and oxygen atoms in total. The molecule has 0 radical (unpaired) electrons. The van der Waals surface area contributed by atoms with Crippen LogP contribution in [0, 0.1) is 0 Å². The van der Waals surface area contributed by atoms with Gasteiger partial charge in [-0.15, -0.1) is 0 Å². The molecule has 4 heteroatoms. The van der Waals surface area contributed by atoms with Crippen LogP contribution in [-0.4, -0.2) is 6.54 Å². The van der Waals surface area contributed by atoms with Crippen molar-refractivity contribution in [3.8, 4) is 5.75 Å². The first-order chi connectivity index (χ1) is 9.70. The molecule has 1 N–H and O–H groups in total. The molecule has 106 valence electrons. The van der Waals surface area contributed by atoms with Crippen molar-refractivity contribution in [3.63, 3.8) is 0 Å². The van der Waals surface area contributed by atoms with Crippen molar-refractivity contribution in [2.45, 2.75) is 20.1 Å². The van der Waals surface area contributed by atoms with Crippen molar-refractivity contribution in [1.82, 2.24) is 5.32 Å². The van der Waals surface area contributed by atoms with Gasteiger partial charge in [0.25, 0.3) is 0 Å². The van der Waals surface area contributed by atoms with Gasteiger partial charge in [-0.25, -0.2) is 0 Å². The molecule has 2 aromatic rings. The van der Waals surface area contributed by atoms with E-state index in [0.717, 1.165) is 39.5 Å². The maximum atomic E-state index is 6.14. The van der Waals surface area contributed by atoms with Crippen LogP contribution >= 0.6 is 27.5 Å². The minimum absolute atomic E-state index is 0.473. The lowest BCUT2D eigenvalue weighted by molar-refractivity contribution is 0.302. The summed E-state index contributed by atoms with van der Waals surface area (Å²) in [4.78, 5) is 0. The molecule has 0 saturated heterocycles. The molecule has 0 heterocycles. The average Bonchev–Trinajstić information content (AvgIpc) is 2.45. The molecular formula is C16H17BrClNO. The van der Waals surface area contributed by atoms with Gasteiger partial charge in [0.15, 0.2) is 0 Å². The Labute approximate surface area is 133 Å². The highest BCUT2D eigenvalue weighted by atomic mass is 79.9. The quantitative estimate of drug-likeness (QED) is 0.805. The van der Waals surface area contributed by atoms with E-state index in [1.54, 1.807) is 0 Å². The summed E-state index contributed by atoms with van der Waals surface area (Å²) >= 11 is 9.63. The Kier molecular flexibility index (Phi) is 5.89. The first-order valence-corrected chi connectivity index (χ1v) is 7.73. The van der Waals surface area contributed by atoms with Crippen LogP contribution in [-0.2, 0) is 13.2 Å². The summed E-state index contributed by atoms with van der Waals surface area (Å²) < 4.78 is 6.96. The van der Waals surface area contributed by atoms with E-state index in [4.69, 9.17) is 16.3 Å². The number of hydrogen-bond acceptors (Lipinski definition) is 2. The Bertz CT molecular complexity index is 574. The first-order valence-electron chi connectivity index (χ1n) is 6.56. The molecule has 0 fully saturated rings. The van der Waals surface area contributed by atoms with Gasteiger partial charge in [-0.2, -0.15) is 0 Å². The molecule has 0 aliphatic heterocycles. The van der Waals surface area contributed by atoms with Gasteiger partial charge in [0, 0.05) is 27.2 Å². The fourth-order valence-corrected chi connectivity index (χ4v) is 2.46. The second-order valence-electron chi connectivity index (χ2n) is 4.41. The van der Waals surface area contributed by atoms with Crippen LogP contribution in [0.1, 0.15) is 18.1 Å². The Balaban J connectivity index is 2.10. The highest BCUT2D eigenvalue weighted by Crippen LogP contribution is 2.25. The van der Waals surface area contributed by atoms with Crippen molar-refractivity contribution in [1.29, 1.82) is 0 Å². The van der Waals surface area contributed by atoms with Crippen molar-refractivity contribution in [2.75, 3.05) is 6.54 Å². The molecule has 2 rings (SSSR count). The highest BCUT2D eigenvalue weighted by Gasteiger charge is 2.06. The number of rotatable bonds is 6. The lowest BCUT2D eigenvalue weighted by atomic mass is 10.2. The summed E-state index contributed by atoms with van der Waals surface area (Å²) in [7, 11) is 0. The topological polar surface area (TPSA) is 21.3 Å². The molecular weight excluding hydrogens is 338 g/mol. The van der Waals surface area contributed by atoms with Crippen LogP contribution in [0.15, 0.2) is 46.9 Å². The Morgan fingerprint density at radius 1 is 1.15 bits per heavy atom. The Hall–Kier alpha value is -1.03. The molecule has 0 bridgehead atoms. The van der Waals surface area contributed by atoms with E-state index in [1.807, 2.05) is 36.4 Å². The van der Waals surface area contributed by atoms with Crippen LogP contribution in [0.4, 0.5) is 0 Å². The largest absolute Gasteiger partial charge is 0.489 e. The highest BCUT2D eigenvalue weighted by molar-refractivity contribution is 9.10. The van der Waals surface area contributed by atoms with Gasteiger partial charge in [-0.1, -0.05) is 52.7 Å². The zero-order valence-corrected chi connectivity index (χ0v) is 13.7. The van der Waals surface area contributed by atoms with E-state index < -0.39 is 0 Å². The molecule has 20 heavy (non-hydrogen) atoms. The van der Waals surface area contributed by atoms with Gasteiger partial charge in [0.2, 0.25) is 0 Å². The fraction of sp³-hybridized carbons (Fsp3) is 0.250. The van der Waals surface area contributed by atoms with Gasteiger partial charge < -0.3 is 10.1 Å². The Morgan fingerprint density at radius 2 is 1.95 bits per heavy atom. The molecule has 0 aliphatic rings. The standard InChI is InChI=1S/C16H17BrClNO/c1-2-19-10-13-9-14(17)7-8-16(13)20-11-12-5-3-4-6-15(12)18/h3-9,19H,2,10-11H2,1H3. The third-order valence-electron chi connectivity index (χ3n) is 2.93. The minimum atomic E-state index is 0.473. The molecule has 0 spiro atoms. The second-order valence-corrected chi connectivity index (χ2v) is 5.74. The van der Waals surface area contributed by atoms with Gasteiger partial charge in [-0.3, -0.25) is 0 Å². The summed E-state index contributed by atoms with van der Waals surface area (Å²) in [5.41, 5.74) is 2.12. The zero-order chi connectivity index (χ0) is 14.4. The van der Waals surface area contributed by atoms with E-state index >= 15 is 0 Å². The lowest BCUT2D eigenvalue weighted by Gasteiger charge is -2.13. The molecule has 0 amide bonds. The van der Waals surface area contributed by atoms with Crippen LogP contribution < -0.4 is 10.1 Å². The summed E-state index contributed by atoms with van der Waals surface area (Å²) in [5, 5.41) is 4.05. The van der Waals surface area contributed by atoms with Gasteiger partial charge in [0.1, 0.15) is 12.4 Å². The van der Waals surface area contributed by atoms with E-state index in [2.05, 4.69) is 34.2 Å². The van der Waals surface area contributed by atoms with E-state index in [9.17, 15) is 0 Å². The second kappa shape index (κ2) is 7.67. The molecule has 0 saturated carbocycles. The lowest BCUT2D eigenvalue weighted by Crippen LogP contribution is -2.13. The smallest absolute Gasteiger partial charge is 0.124 e. The predicted octanol–water partition coefficient (Wildman–Crippen LogP) is 4.79. The molecule has 0 unspecified atom stereocenters.